The van der Waals surface area contributed by atoms with Crippen LogP contribution in [0.15, 0.2) is 16.7 Å². The third kappa shape index (κ3) is 2.36. The Morgan fingerprint density at radius 3 is 2.83 bits per heavy atom. The van der Waals surface area contributed by atoms with Crippen molar-refractivity contribution in [1.29, 1.82) is 0 Å². The molecule has 3 nitrogen and oxygen atoms in total. The van der Waals surface area contributed by atoms with Crippen LogP contribution in [0, 0.1) is 0 Å². The minimum atomic E-state index is 0.519. The van der Waals surface area contributed by atoms with E-state index in [0.29, 0.717) is 12.5 Å². The first kappa shape index (κ1) is 9.29. The molecule has 1 aromatic rings. The molecular weight excluding hydrogens is 154 g/mol. The quantitative estimate of drug-likeness (QED) is 0.700. The largest absolute Gasteiger partial charge is 0.468 e. The van der Waals surface area contributed by atoms with Crippen molar-refractivity contribution in [2.45, 2.75) is 26.3 Å². The monoisotopic (exact) mass is 169 g/mol. The standard InChI is InChI=1S/C9H15NO2/c1-7(2)8-4-9(12-6-8)5-10-11-3/h4,6-7,10H,5H2,1-3H3. The van der Waals surface area contributed by atoms with Gasteiger partial charge in [-0.25, -0.2) is 0 Å². The van der Waals surface area contributed by atoms with E-state index in [9.17, 15) is 0 Å². The van der Waals surface area contributed by atoms with Crippen LogP contribution in [0.3, 0.4) is 0 Å². The summed E-state index contributed by atoms with van der Waals surface area (Å²) in [5.41, 5.74) is 3.95. The predicted molar refractivity (Wildman–Crippen MR) is 46.6 cm³/mol. The van der Waals surface area contributed by atoms with Gasteiger partial charge in [0.15, 0.2) is 0 Å². The van der Waals surface area contributed by atoms with Crippen LogP contribution in [0.4, 0.5) is 0 Å². The van der Waals surface area contributed by atoms with Gasteiger partial charge < -0.3 is 9.25 Å². The number of furan rings is 1. The lowest BCUT2D eigenvalue weighted by atomic mass is 10.1. The number of rotatable bonds is 4. The van der Waals surface area contributed by atoms with Crippen LogP contribution >= 0.6 is 0 Å². The van der Waals surface area contributed by atoms with Crippen molar-refractivity contribution < 1.29 is 9.25 Å². The zero-order chi connectivity index (χ0) is 8.97. The minimum absolute atomic E-state index is 0.519. The molecule has 0 aliphatic heterocycles. The maximum absolute atomic E-state index is 5.29. The summed E-state index contributed by atoms with van der Waals surface area (Å²) in [6.07, 6.45) is 1.79. The summed E-state index contributed by atoms with van der Waals surface area (Å²) in [6.45, 7) is 4.89. The third-order valence-corrected chi connectivity index (χ3v) is 1.73. The zero-order valence-electron chi connectivity index (χ0n) is 7.76. The van der Waals surface area contributed by atoms with Crippen LogP contribution in [0.2, 0.25) is 0 Å². The van der Waals surface area contributed by atoms with E-state index in [1.54, 1.807) is 13.4 Å². The lowest BCUT2D eigenvalue weighted by Gasteiger charge is -1.97. The lowest BCUT2D eigenvalue weighted by Crippen LogP contribution is -2.09. The van der Waals surface area contributed by atoms with Gasteiger partial charge in [0, 0.05) is 0 Å². The second-order valence-electron chi connectivity index (χ2n) is 3.03. The van der Waals surface area contributed by atoms with E-state index in [1.165, 1.54) is 5.56 Å². The van der Waals surface area contributed by atoms with Crippen molar-refractivity contribution in [1.82, 2.24) is 5.48 Å². The van der Waals surface area contributed by atoms with Crippen LogP contribution in [-0.4, -0.2) is 7.11 Å². The first-order valence-corrected chi connectivity index (χ1v) is 4.07. The molecule has 0 radical (unpaired) electrons. The molecule has 0 spiro atoms. The van der Waals surface area contributed by atoms with Crippen molar-refractivity contribution >= 4 is 0 Å². The summed E-state index contributed by atoms with van der Waals surface area (Å²) in [5.74, 6) is 1.42. The maximum Gasteiger partial charge on any atom is 0.120 e. The molecule has 3 heteroatoms. The van der Waals surface area contributed by atoms with E-state index in [1.807, 2.05) is 6.07 Å². The third-order valence-electron chi connectivity index (χ3n) is 1.73. The highest BCUT2D eigenvalue weighted by Crippen LogP contribution is 2.17. The minimum Gasteiger partial charge on any atom is -0.468 e. The molecule has 0 bridgehead atoms. The van der Waals surface area contributed by atoms with E-state index >= 15 is 0 Å². The molecule has 68 valence electrons. The summed E-state index contributed by atoms with van der Waals surface area (Å²) in [6, 6.07) is 2.04. The molecule has 0 saturated heterocycles. The SMILES string of the molecule is CONCc1cc(C(C)C)co1. The van der Waals surface area contributed by atoms with Crippen molar-refractivity contribution in [2.24, 2.45) is 0 Å². The maximum atomic E-state index is 5.29. The van der Waals surface area contributed by atoms with Crippen LogP contribution < -0.4 is 5.48 Å². The van der Waals surface area contributed by atoms with E-state index in [-0.39, 0.29) is 0 Å². The Kier molecular flexibility index (Phi) is 3.31. The van der Waals surface area contributed by atoms with Gasteiger partial charge in [0.1, 0.15) is 5.76 Å². The van der Waals surface area contributed by atoms with Crippen LogP contribution in [0.25, 0.3) is 0 Å². The molecule has 0 aliphatic rings. The summed E-state index contributed by atoms with van der Waals surface area (Å²) < 4.78 is 5.29. The fraction of sp³-hybridized carbons (Fsp3) is 0.556. The van der Waals surface area contributed by atoms with Gasteiger partial charge in [0.2, 0.25) is 0 Å². The number of hydroxylamine groups is 1. The Morgan fingerprint density at radius 1 is 1.58 bits per heavy atom. The van der Waals surface area contributed by atoms with Crippen molar-refractivity contribution in [3.05, 3.63) is 23.7 Å². The van der Waals surface area contributed by atoms with E-state index in [0.717, 1.165) is 5.76 Å². The Balaban J connectivity index is 2.52. The Morgan fingerprint density at radius 2 is 2.33 bits per heavy atom. The molecule has 1 aromatic heterocycles. The molecule has 0 aliphatic carbocycles. The molecule has 0 atom stereocenters. The van der Waals surface area contributed by atoms with E-state index in [2.05, 4.69) is 19.3 Å². The van der Waals surface area contributed by atoms with Crippen molar-refractivity contribution in [2.75, 3.05) is 7.11 Å². The fourth-order valence-corrected chi connectivity index (χ4v) is 0.936. The summed E-state index contributed by atoms with van der Waals surface area (Å²) >= 11 is 0. The van der Waals surface area contributed by atoms with Gasteiger partial charge in [-0.05, 0) is 17.5 Å². The van der Waals surface area contributed by atoms with Gasteiger partial charge in [0.05, 0.1) is 19.9 Å². The summed E-state index contributed by atoms with van der Waals surface area (Å²) in [4.78, 5) is 4.71. The highest BCUT2D eigenvalue weighted by Gasteiger charge is 2.04. The van der Waals surface area contributed by atoms with Crippen LogP contribution in [0.1, 0.15) is 31.1 Å². The van der Waals surface area contributed by atoms with Gasteiger partial charge in [-0.3, -0.25) is 0 Å². The van der Waals surface area contributed by atoms with Crippen LogP contribution in [0.5, 0.6) is 0 Å². The van der Waals surface area contributed by atoms with Gasteiger partial charge in [-0.15, -0.1) is 0 Å². The number of hydrogen-bond acceptors (Lipinski definition) is 3. The zero-order valence-corrected chi connectivity index (χ0v) is 7.76. The Labute approximate surface area is 72.7 Å². The predicted octanol–water partition coefficient (Wildman–Crippen LogP) is 2.05. The molecular formula is C9H15NO2. The van der Waals surface area contributed by atoms with Gasteiger partial charge in [-0.2, -0.15) is 5.48 Å². The molecule has 1 rings (SSSR count). The van der Waals surface area contributed by atoms with E-state index < -0.39 is 0 Å². The summed E-state index contributed by atoms with van der Waals surface area (Å²) in [5, 5.41) is 0. The topological polar surface area (TPSA) is 34.4 Å². The molecule has 1 heterocycles. The highest BCUT2D eigenvalue weighted by molar-refractivity contribution is 5.15. The lowest BCUT2D eigenvalue weighted by molar-refractivity contribution is 0.0818. The molecule has 12 heavy (non-hydrogen) atoms. The smallest absolute Gasteiger partial charge is 0.120 e. The molecule has 0 fully saturated rings. The van der Waals surface area contributed by atoms with Crippen molar-refractivity contribution in [3.8, 4) is 0 Å². The van der Waals surface area contributed by atoms with Crippen LogP contribution in [-0.2, 0) is 11.4 Å². The number of nitrogens with one attached hydrogen (secondary N) is 1. The molecule has 0 aromatic carbocycles. The second-order valence-corrected chi connectivity index (χ2v) is 3.03. The molecule has 0 amide bonds. The van der Waals surface area contributed by atoms with Gasteiger partial charge >= 0.3 is 0 Å². The fourth-order valence-electron chi connectivity index (χ4n) is 0.936. The summed E-state index contributed by atoms with van der Waals surface area (Å²) in [7, 11) is 1.59. The Bertz CT molecular complexity index is 230. The number of hydrogen-bond donors (Lipinski definition) is 1. The highest BCUT2D eigenvalue weighted by atomic mass is 16.6. The average Bonchev–Trinajstić information content (AvgIpc) is 2.48. The van der Waals surface area contributed by atoms with Crippen molar-refractivity contribution in [3.63, 3.8) is 0 Å². The second kappa shape index (κ2) is 4.28. The van der Waals surface area contributed by atoms with E-state index in [4.69, 9.17) is 9.25 Å². The van der Waals surface area contributed by atoms with Gasteiger partial charge in [-0.1, -0.05) is 13.8 Å². The molecule has 0 unspecified atom stereocenters. The average molecular weight is 169 g/mol. The first-order valence-electron chi connectivity index (χ1n) is 4.07. The first-order chi connectivity index (χ1) is 5.74. The molecule has 0 saturated carbocycles. The molecule has 1 N–H and O–H groups in total. The van der Waals surface area contributed by atoms with Gasteiger partial charge in [0.25, 0.3) is 0 Å². The Hall–Kier alpha value is -0.800. The normalized spacial score (nSPS) is 11.0.